The van der Waals surface area contributed by atoms with E-state index in [1.807, 2.05) is 0 Å². The molecule has 88 valence electrons. The van der Waals surface area contributed by atoms with Crippen LogP contribution in [0.15, 0.2) is 18.2 Å². The Morgan fingerprint density at radius 1 is 1.50 bits per heavy atom. The summed E-state index contributed by atoms with van der Waals surface area (Å²) in [6, 6.07) is 3.36. The first kappa shape index (κ1) is 12.4. The van der Waals surface area contributed by atoms with E-state index in [0.29, 0.717) is 11.3 Å². The maximum atomic E-state index is 13.0. The molecule has 1 aromatic rings. The van der Waals surface area contributed by atoms with E-state index < -0.39 is 17.8 Å². The summed E-state index contributed by atoms with van der Waals surface area (Å²) in [7, 11) is 2.74. The van der Waals surface area contributed by atoms with Gasteiger partial charge in [-0.1, -0.05) is 0 Å². The number of benzene rings is 1. The molecular formula is C11H14FNO3. The Labute approximate surface area is 93.2 Å². The number of esters is 1. The fourth-order valence-electron chi connectivity index (χ4n) is 1.37. The lowest BCUT2D eigenvalue weighted by atomic mass is 10.0. The third kappa shape index (κ3) is 2.93. The van der Waals surface area contributed by atoms with Gasteiger partial charge in [-0.15, -0.1) is 0 Å². The molecule has 0 radical (unpaired) electrons. The number of carbonyl (C=O) groups is 1. The maximum absolute atomic E-state index is 13.0. The van der Waals surface area contributed by atoms with E-state index in [1.165, 1.54) is 32.4 Å². The first-order chi connectivity index (χ1) is 7.58. The lowest BCUT2D eigenvalue weighted by Crippen LogP contribution is -2.17. The van der Waals surface area contributed by atoms with Crippen molar-refractivity contribution >= 4 is 5.97 Å². The fourth-order valence-corrected chi connectivity index (χ4v) is 1.37. The highest BCUT2D eigenvalue weighted by Gasteiger charge is 2.16. The quantitative estimate of drug-likeness (QED) is 0.790. The van der Waals surface area contributed by atoms with Gasteiger partial charge in [-0.3, -0.25) is 4.79 Å². The summed E-state index contributed by atoms with van der Waals surface area (Å²) in [5, 5.41) is 0. The lowest BCUT2D eigenvalue weighted by Gasteiger charge is -2.14. The van der Waals surface area contributed by atoms with E-state index in [9.17, 15) is 9.18 Å². The van der Waals surface area contributed by atoms with E-state index in [-0.39, 0.29) is 6.42 Å². The Balaban J connectivity index is 2.92. The topological polar surface area (TPSA) is 61.5 Å². The third-order valence-corrected chi connectivity index (χ3v) is 2.21. The number of hydrogen-bond acceptors (Lipinski definition) is 4. The molecule has 16 heavy (non-hydrogen) atoms. The monoisotopic (exact) mass is 227 g/mol. The second kappa shape index (κ2) is 5.46. The molecule has 0 unspecified atom stereocenters. The summed E-state index contributed by atoms with van der Waals surface area (Å²) in [5.74, 6) is -0.410. The zero-order chi connectivity index (χ0) is 12.1. The molecule has 1 atom stereocenters. The Morgan fingerprint density at radius 3 is 2.75 bits per heavy atom. The van der Waals surface area contributed by atoms with Gasteiger partial charge in [0.2, 0.25) is 0 Å². The van der Waals surface area contributed by atoms with Crippen LogP contribution < -0.4 is 10.5 Å². The molecule has 2 N–H and O–H groups in total. The van der Waals surface area contributed by atoms with Crippen LogP contribution >= 0.6 is 0 Å². The average Bonchev–Trinajstić information content (AvgIpc) is 2.28. The van der Waals surface area contributed by atoms with Crippen LogP contribution in [0.3, 0.4) is 0 Å². The van der Waals surface area contributed by atoms with Crippen molar-refractivity contribution < 1.29 is 18.7 Å². The zero-order valence-corrected chi connectivity index (χ0v) is 9.20. The second-order valence-electron chi connectivity index (χ2n) is 3.27. The Bertz CT molecular complexity index is 381. The molecule has 0 saturated carbocycles. The number of rotatable bonds is 4. The zero-order valence-electron chi connectivity index (χ0n) is 9.20. The van der Waals surface area contributed by atoms with Crippen LogP contribution in [0.1, 0.15) is 18.0 Å². The van der Waals surface area contributed by atoms with E-state index in [1.54, 1.807) is 0 Å². The number of methoxy groups -OCH3 is 2. The van der Waals surface area contributed by atoms with Gasteiger partial charge in [0.25, 0.3) is 0 Å². The second-order valence-corrected chi connectivity index (χ2v) is 3.27. The van der Waals surface area contributed by atoms with Gasteiger partial charge in [-0.2, -0.15) is 0 Å². The van der Waals surface area contributed by atoms with Gasteiger partial charge in [-0.25, -0.2) is 4.39 Å². The molecule has 0 amide bonds. The molecule has 5 heteroatoms. The summed E-state index contributed by atoms with van der Waals surface area (Å²) in [6.07, 6.45) is -0.0175. The molecule has 0 saturated heterocycles. The molecule has 4 nitrogen and oxygen atoms in total. The van der Waals surface area contributed by atoms with Gasteiger partial charge in [0.1, 0.15) is 11.6 Å². The summed E-state index contributed by atoms with van der Waals surface area (Å²) in [4.78, 5) is 11.0. The van der Waals surface area contributed by atoms with E-state index in [2.05, 4.69) is 4.74 Å². The van der Waals surface area contributed by atoms with Crippen LogP contribution in [-0.2, 0) is 9.53 Å². The Kier molecular flexibility index (Phi) is 4.25. The summed E-state index contributed by atoms with van der Waals surface area (Å²) in [5.41, 5.74) is 6.22. The van der Waals surface area contributed by atoms with E-state index in [0.717, 1.165) is 0 Å². The predicted octanol–water partition coefficient (Wildman–Crippen LogP) is 1.40. The molecule has 1 aromatic carbocycles. The molecule has 0 fully saturated rings. The first-order valence-corrected chi connectivity index (χ1v) is 4.74. The normalized spacial score (nSPS) is 12.0. The minimum Gasteiger partial charge on any atom is -0.496 e. The van der Waals surface area contributed by atoms with Crippen molar-refractivity contribution in [1.82, 2.24) is 0 Å². The Morgan fingerprint density at radius 2 is 2.19 bits per heavy atom. The summed E-state index contributed by atoms with van der Waals surface area (Å²) < 4.78 is 22.6. The minimum atomic E-state index is -0.641. The molecule has 0 aliphatic carbocycles. The van der Waals surface area contributed by atoms with Gasteiger partial charge >= 0.3 is 5.97 Å². The van der Waals surface area contributed by atoms with Gasteiger partial charge in [0.15, 0.2) is 0 Å². The molecule has 0 aliphatic heterocycles. The van der Waals surface area contributed by atoms with Gasteiger partial charge in [-0.05, 0) is 18.2 Å². The molecular weight excluding hydrogens is 213 g/mol. The van der Waals surface area contributed by atoms with Gasteiger partial charge < -0.3 is 15.2 Å². The van der Waals surface area contributed by atoms with Crippen molar-refractivity contribution in [3.63, 3.8) is 0 Å². The van der Waals surface area contributed by atoms with E-state index in [4.69, 9.17) is 10.5 Å². The molecule has 0 bridgehead atoms. The SMILES string of the molecule is COC(=O)C[C@H](N)c1cc(F)ccc1OC. The van der Waals surface area contributed by atoms with Crippen LogP contribution in [0.4, 0.5) is 4.39 Å². The van der Waals surface area contributed by atoms with Crippen molar-refractivity contribution in [2.24, 2.45) is 5.73 Å². The van der Waals surface area contributed by atoms with Crippen molar-refractivity contribution in [2.75, 3.05) is 14.2 Å². The van der Waals surface area contributed by atoms with Crippen molar-refractivity contribution in [2.45, 2.75) is 12.5 Å². The number of ether oxygens (including phenoxy) is 2. The molecule has 0 spiro atoms. The van der Waals surface area contributed by atoms with Crippen LogP contribution in [0.25, 0.3) is 0 Å². The smallest absolute Gasteiger partial charge is 0.307 e. The number of nitrogens with two attached hydrogens (primary N) is 1. The highest BCUT2D eigenvalue weighted by Crippen LogP contribution is 2.26. The molecule has 0 aromatic heterocycles. The highest BCUT2D eigenvalue weighted by atomic mass is 19.1. The van der Waals surface area contributed by atoms with Crippen LogP contribution in [0.2, 0.25) is 0 Å². The average molecular weight is 227 g/mol. The van der Waals surface area contributed by atoms with Gasteiger partial charge in [0.05, 0.1) is 20.6 Å². The van der Waals surface area contributed by atoms with E-state index >= 15 is 0 Å². The van der Waals surface area contributed by atoms with Gasteiger partial charge in [0, 0.05) is 11.6 Å². The number of carbonyl (C=O) groups excluding carboxylic acids is 1. The first-order valence-electron chi connectivity index (χ1n) is 4.74. The molecule has 0 aliphatic rings. The highest BCUT2D eigenvalue weighted by molar-refractivity contribution is 5.70. The lowest BCUT2D eigenvalue weighted by molar-refractivity contribution is -0.141. The number of halogens is 1. The molecule has 0 heterocycles. The number of hydrogen-bond donors (Lipinski definition) is 1. The standard InChI is InChI=1S/C11H14FNO3/c1-15-10-4-3-7(12)5-8(10)9(13)6-11(14)16-2/h3-5,9H,6,13H2,1-2H3/t9-/m0/s1. The summed E-state index contributed by atoms with van der Waals surface area (Å²) in [6.45, 7) is 0. The van der Waals surface area contributed by atoms with Crippen molar-refractivity contribution in [3.8, 4) is 5.75 Å². The van der Waals surface area contributed by atoms with Crippen molar-refractivity contribution in [3.05, 3.63) is 29.6 Å². The largest absolute Gasteiger partial charge is 0.496 e. The van der Waals surface area contributed by atoms with Crippen molar-refractivity contribution in [1.29, 1.82) is 0 Å². The minimum absolute atomic E-state index is 0.0175. The molecule has 1 rings (SSSR count). The van der Waals surface area contributed by atoms with Crippen LogP contribution in [0.5, 0.6) is 5.75 Å². The fraction of sp³-hybridized carbons (Fsp3) is 0.364. The van der Waals surface area contributed by atoms with Crippen LogP contribution in [-0.4, -0.2) is 20.2 Å². The summed E-state index contributed by atoms with van der Waals surface area (Å²) >= 11 is 0. The Hall–Kier alpha value is -1.62. The third-order valence-electron chi connectivity index (χ3n) is 2.21. The predicted molar refractivity (Wildman–Crippen MR) is 56.5 cm³/mol. The van der Waals surface area contributed by atoms with Crippen LogP contribution in [0, 0.1) is 5.82 Å². The maximum Gasteiger partial charge on any atom is 0.307 e.